The minimum Gasteiger partial charge on any atom is -0.454 e. The number of nitrogens with zero attached hydrogens (tertiary/aromatic N) is 3. The van der Waals surface area contributed by atoms with Crippen LogP contribution in [0.4, 0.5) is 18.9 Å². The normalized spacial score (nSPS) is 18.9. The van der Waals surface area contributed by atoms with E-state index in [1.807, 2.05) is 19.1 Å². The molecule has 0 aromatic heterocycles. The van der Waals surface area contributed by atoms with Crippen LogP contribution in [0.1, 0.15) is 25.0 Å². The summed E-state index contributed by atoms with van der Waals surface area (Å²) in [4.78, 5) is 20.3. The molecule has 5 nitrogen and oxygen atoms in total. The Bertz CT molecular complexity index is 987. The lowest BCUT2D eigenvalue weighted by Gasteiger charge is -2.40. The van der Waals surface area contributed by atoms with Crippen molar-refractivity contribution >= 4 is 17.4 Å². The third-order valence-corrected chi connectivity index (χ3v) is 5.19. The molecule has 4 rings (SSSR count). The highest BCUT2D eigenvalue weighted by atomic mass is 19.4. The zero-order valence-corrected chi connectivity index (χ0v) is 16.0. The first-order valence-corrected chi connectivity index (χ1v) is 9.33. The fourth-order valence-corrected chi connectivity index (χ4v) is 3.76. The molecule has 0 N–H and O–H groups in total. The van der Waals surface area contributed by atoms with Gasteiger partial charge in [0.1, 0.15) is 17.3 Å². The molecule has 0 bridgehead atoms. The van der Waals surface area contributed by atoms with E-state index in [2.05, 4.69) is 9.89 Å². The molecule has 0 spiro atoms. The Labute approximate surface area is 166 Å². The quantitative estimate of drug-likeness (QED) is 0.653. The number of para-hydroxylation sites is 1. The van der Waals surface area contributed by atoms with E-state index in [9.17, 15) is 18.0 Å². The van der Waals surface area contributed by atoms with Crippen LogP contribution >= 0.6 is 0 Å². The summed E-state index contributed by atoms with van der Waals surface area (Å²) in [6, 6.07) is 10.5. The largest absolute Gasteiger partial charge is 0.454 e. The molecule has 2 aromatic carbocycles. The van der Waals surface area contributed by atoms with Gasteiger partial charge in [-0.1, -0.05) is 12.1 Å². The van der Waals surface area contributed by atoms with Gasteiger partial charge in [-0.2, -0.15) is 13.2 Å². The number of rotatable bonds is 0. The van der Waals surface area contributed by atoms with E-state index in [-0.39, 0.29) is 17.7 Å². The smallest absolute Gasteiger partial charge is 0.416 e. The van der Waals surface area contributed by atoms with Crippen LogP contribution in [-0.2, 0) is 11.0 Å². The van der Waals surface area contributed by atoms with E-state index in [1.165, 1.54) is 6.07 Å². The molecule has 2 aliphatic heterocycles. The Balaban J connectivity index is 1.77. The summed E-state index contributed by atoms with van der Waals surface area (Å²) < 4.78 is 45.2. The van der Waals surface area contributed by atoms with Gasteiger partial charge in [0.2, 0.25) is 5.91 Å². The number of alkyl halides is 3. The Morgan fingerprint density at radius 2 is 1.90 bits per heavy atom. The van der Waals surface area contributed by atoms with E-state index >= 15 is 0 Å². The number of carbonyl (C=O) groups excluding carboxylic acids is 1. The number of piperazine rings is 1. The minimum absolute atomic E-state index is 0.00707. The van der Waals surface area contributed by atoms with Crippen LogP contribution in [0.5, 0.6) is 11.5 Å². The van der Waals surface area contributed by atoms with Gasteiger partial charge in [-0.15, -0.1) is 0 Å². The molecular weight excluding hydrogens is 383 g/mol. The van der Waals surface area contributed by atoms with Gasteiger partial charge in [0.05, 0.1) is 11.1 Å². The topological polar surface area (TPSA) is 45.1 Å². The minimum atomic E-state index is -4.46. The van der Waals surface area contributed by atoms with Crippen molar-refractivity contribution in [1.29, 1.82) is 0 Å². The molecule has 1 fully saturated rings. The van der Waals surface area contributed by atoms with Gasteiger partial charge in [0, 0.05) is 32.6 Å². The molecular formula is C21H20F3N3O2. The molecule has 8 heteroatoms. The summed E-state index contributed by atoms with van der Waals surface area (Å²) in [6.07, 6.45) is -4.46. The molecule has 1 amide bonds. The van der Waals surface area contributed by atoms with Crippen molar-refractivity contribution < 1.29 is 22.7 Å². The van der Waals surface area contributed by atoms with Crippen LogP contribution in [0.15, 0.2) is 47.5 Å². The van der Waals surface area contributed by atoms with E-state index < -0.39 is 11.7 Å². The maximum atomic E-state index is 13.1. The second-order valence-corrected chi connectivity index (χ2v) is 7.22. The number of aliphatic imine (C=N–C) groups is 1. The van der Waals surface area contributed by atoms with Gasteiger partial charge in [0.25, 0.3) is 0 Å². The number of amides is 1. The lowest BCUT2D eigenvalue weighted by molar-refractivity contribution is -0.137. The van der Waals surface area contributed by atoms with Crippen LogP contribution in [0.25, 0.3) is 0 Å². The monoisotopic (exact) mass is 403 g/mol. The number of ether oxygens (including phenoxy) is 1. The third kappa shape index (κ3) is 3.66. The predicted octanol–water partition coefficient (Wildman–Crippen LogP) is 4.44. The molecule has 152 valence electrons. The second kappa shape index (κ2) is 7.09. The predicted molar refractivity (Wildman–Crippen MR) is 103 cm³/mol. The molecule has 0 saturated carbocycles. The van der Waals surface area contributed by atoms with E-state index in [1.54, 1.807) is 24.0 Å². The molecule has 0 radical (unpaired) electrons. The maximum Gasteiger partial charge on any atom is 0.416 e. The zero-order chi connectivity index (χ0) is 20.8. The SMILES string of the molecule is CC(=O)N1CCN(C2=Nc3ccc(C(F)(F)F)cc3Oc3ccccc32)CC1C. The summed E-state index contributed by atoms with van der Waals surface area (Å²) in [6.45, 7) is 5.22. The first kappa shape index (κ1) is 19.3. The lowest BCUT2D eigenvalue weighted by atomic mass is 10.1. The highest BCUT2D eigenvalue weighted by Gasteiger charge is 2.33. The standard InChI is InChI=1S/C21H20F3N3O2/c1-13-12-26(9-10-27(13)14(2)28)20-16-5-3-4-6-18(16)29-19-11-15(21(22,23)24)7-8-17(19)25-20/h3-8,11,13H,9-10,12H2,1-2H3. The van der Waals surface area contributed by atoms with Crippen molar-refractivity contribution in [2.75, 3.05) is 19.6 Å². The molecule has 1 unspecified atom stereocenters. The lowest BCUT2D eigenvalue weighted by Crippen LogP contribution is -2.55. The van der Waals surface area contributed by atoms with Gasteiger partial charge < -0.3 is 14.5 Å². The van der Waals surface area contributed by atoms with Crippen molar-refractivity contribution in [3.8, 4) is 11.5 Å². The molecule has 2 aromatic rings. The van der Waals surface area contributed by atoms with Gasteiger partial charge in [-0.3, -0.25) is 4.79 Å². The summed E-state index contributed by atoms with van der Waals surface area (Å²) in [5, 5.41) is 0. The number of benzene rings is 2. The number of halogens is 3. The Morgan fingerprint density at radius 1 is 1.14 bits per heavy atom. The van der Waals surface area contributed by atoms with Gasteiger partial charge in [-0.25, -0.2) is 4.99 Å². The van der Waals surface area contributed by atoms with E-state index in [0.29, 0.717) is 42.5 Å². The van der Waals surface area contributed by atoms with Crippen LogP contribution in [0.3, 0.4) is 0 Å². The Kier molecular flexibility index (Phi) is 4.72. The summed E-state index contributed by atoms with van der Waals surface area (Å²) >= 11 is 0. The summed E-state index contributed by atoms with van der Waals surface area (Å²) in [5.41, 5.74) is 0.266. The van der Waals surface area contributed by atoms with Gasteiger partial charge >= 0.3 is 6.18 Å². The second-order valence-electron chi connectivity index (χ2n) is 7.22. The van der Waals surface area contributed by atoms with Gasteiger partial charge in [0.15, 0.2) is 5.75 Å². The summed E-state index contributed by atoms with van der Waals surface area (Å²) in [7, 11) is 0. The van der Waals surface area contributed by atoms with Crippen LogP contribution < -0.4 is 4.74 Å². The van der Waals surface area contributed by atoms with Crippen molar-refractivity contribution in [2.24, 2.45) is 4.99 Å². The highest BCUT2D eigenvalue weighted by molar-refractivity contribution is 6.03. The van der Waals surface area contributed by atoms with Crippen molar-refractivity contribution in [1.82, 2.24) is 9.80 Å². The molecule has 1 saturated heterocycles. The van der Waals surface area contributed by atoms with E-state index in [4.69, 9.17) is 4.74 Å². The molecule has 29 heavy (non-hydrogen) atoms. The van der Waals surface area contributed by atoms with Crippen LogP contribution in [0.2, 0.25) is 0 Å². The molecule has 1 atom stereocenters. The fourth-order valence-electron chi connectivity index (χ4n) is 3.76. The number of fused-ring (bicyclic) bond motifs is 2. The average Bonchev–Trinajstić information content (AvgIpc) is 2.83. The van der Waals surface area contributed by atoms with Crippen molar-refractivity contribution in [3.05, 3.63) is 53.6 Å². The third-order valence-electron chi connectivity index (χ3n) is 5.19. The average molecular weight is 403 g/mol. The molecule has 0 aliphatic carbocycles. The number of amidine groups is 1. The zero-order valence-electron chi connectivity index (χ0n) is 16.0. The Hall–Kier alpha value is -3.03. The molecule has 2 aliphatic rings. The fraction of sp³-hybridized carbons (Fsp3) is 0.333. The van der Waals surface area contributed by atoms with Crippen LogP contribution in [-0.4, -0.2) is 47.2 Å². The molecule has 2 heterocycles. The first-order valence-electron chi connectivity index (χ1n) is 9.33. The summed E-state index contributed by atoms with van der Waals surface area (Å²) in [5.74, 6) is 1.17. The first-order chi connectivity index (χ1) is 13.7. The van der Waals surface area contributed by atoms with Crippen LogP contribution in [0, 0.1) is 0 Å². The van der Waals surface area contributed by atoms with E-state index in [0.717, 1.165) is 12.1 Å². The Morgan fingerprint density at radius 3 is 2.59 bits per heavy atom. The van der Waals surface area contributed by atoms with Gasteiger partial charge in [-0.05, 0) is 37.3 Å². The number of hydrogen-bond acceptors (Lipinski definition) is 4. The maximum absolute atomic E-state index is 13.1. The van der Waals surface area contributed by atoms with Crippen molar-refractivity contribution in [2.45, 2.75) is 26.1 Å². The number of carbonyl (C=O) groups is 1. The van der Waals surface area contributed by atoms with Crippen molar-refractivity contribution in [3.63, 3.8) is 0 Å². The highest BCUT2D eigenvalue weighted by Crippen LogP contribution is 2.42. The number of hydrogen-bond donors (Lipinski definition) is 0.